The van der Waals surface area contributed by atoms with Gasteiger partial charge in [0.05, 0.1) is 9.83 Å². The molecular weight excluding hydrogens is 346 g/mol. The predicted molar refractivity (Wildman–Crippen MR) is 91.1 cm³/mol. The largest absolute Gasteiger partial charge is 0.439 e. The third-order valence-electron chi connectivity index (χ3n) is 3.32. The van der Waals surface area contributed by atoms with Crippen molar-refractivity contribution in [2.24, 2.45) is 0 Å². The second kappa shape index (κ2) is 6.73. The molecular formula is C16H11N3O5S. The van der Waals surface area contributed by atoms with Crippen LogP contribution in [0, 0.1) is 10.1 Å². The number of hydrogen-bond donors (Lipinski definition) is 0. The highest BCUT2D eigenvalue weighted by atomic mass is 32.2. The first-order valence-corrected chi connectivity index (χ1v) is 7.85. The third-order valence-corrected chi connectivity index (χ3v) is 4.28. The minimum Gasteiger partial charge on any atom is -0.439 e. The Morgan fingerprint density at radius 1 is 1.20 bits per heavy atom. The molecule has 126 valence electrons. The molecule has 1 fully saturated rings. The van der Waals surface area contributed by atoms with Gasteiger partial charge in [0.15, 0.2) is 0 Å². The lowest BCUT2D eigenvalue weighted by atomic mass is 10.2. The number of nitrogens with zero attached hydrogens (tertiary/aromatic N) is 3. The van der Waals surface area contributed by atoms with Crippen LogP contribution in [0.2, 0.25) is 0 Å². The molecule has 2 heterocycles. The number of pyridine rings is 1. The molecule has 0 spiro atoms. The van der Waals surface area contributed by atoms with E-state index in [2.05, 4.69) is 4.98 Å². The topological polar surface area (TPSA) is 103 Å². The van der Waals surface area contributed by atoms with E-state index in [4.69, 9.17) is 4.74 Å². The van der Waals surface area contributed by atoms with Gasteiger partial charge >= 0.3 is 0 Å². The lowest BCUT2D eigenvalue weighted by Crippen LogP contribution is -2.22. The normalized spacial score (nSPS) is 15.7. The molecule has 9 heteroatoms. The molecule has 1 aliphatic heterocycles. The molecule has 0 unspecified atom stereocenters. The highest BCUT2D eigenvalue weighted by molar-refractivity contribution is 8.18. The molecule has 2 amide bonds. The fraction of sp³-hybridized carbons (Fsp3) is 0.0625. The second-order valence-electron chi connectivity index (χ2n) is 5.02. The first-order chi connectivity index (χ1) is 11.9. The lowest BCUT2D eigenvalue weighted by Gasteiger charge is -2.05. The van der Waals surface area contributed by atoms with Crippen molar-refractivity contribution in [1.29, 1.82) is 0 Å². The number of aromatic nitrogens is 1. The van der Waals surface area contributed by atoms with Crippen LogP contribution in [0.1, 0.15) is 5.56 Å². The fourth-order valence-electron chi connectivity index (χ4n) is 1.99. The molecule has 0 atom stereocenters. The van der Waals surface area contributed by atoms with Crippen LogP contribution < -0.4 is 4.74 Å². The third kappa shape index (κ3) is 3.66. The van der Waals surface area contributed by atoms with Crippen LogP contribution in [0.15, 0.2) is 47.5 Å². The SMILES string of the molecule is CN1C(=O)SC(=Cc2ccc(Oc3ccc([N+](=O)[O-])cn3)cc2)C1=O. The van der Waals surface area contributed by atoms with Gasteiger partial charge in [-0.05, 0) is 35.5 Å². The van der Waals surface area contributed by atoms with Gasteiger partial charge in [-0.2, -0.15) is 0 Å². The van der Waals surface area contributed by atoms with E-state index in [0.717, 1.165) is 28.4 Å². The Labute approximate surface area is 146 Å². The van der Waals surface area contributed by atoms with Crippen LogP contribution >= 0.6 is 11.8 Å². The number of rotatable bonds is 4. The maximum Gasteiger partial charge on any atom is 0.293 e. The van der Waals surface area contributed by atoms with Gasteiger partial charge in [-0.25, -0.2) is 4.98 Å². The van der Waals surface area contributed by atoms with Gasteiger partial charge in [0.25, 0.3) is 16.8 Å². The summed E-state index contributed by atoms with van der Waals surface area (Å²) in [5, 5.41) is 10.3. The highest BCUT2D eigenvalue weighted by Crippen LogP contribution is 2.31. The first kappa shape index (κ1) is 16.7. The highest BCUT2D eigenvalue weighted by Gasteiger charge is 2.31. The van der Waals surface area contributed by atoms with Crippen molar-refractivity contribution in [3.8, 4) is 11.6 Å². The zero-order chi connectivity index (χ0) is 18.0. The molecule has 0 N–H and O–H groups in total. The number of imide groups is 1. The van der Waals surface area contributed by atoms with E-state index < -0.39 is 4.92 Å². The average molecular weight is 357 g/mol. The van der Waals surface area contributed by atoms with E-state index in [-0.39, 0.29) is 22.7 Å². The van der Waals surface area contributed by atoms with Crippen LogP contribution in [-0.2, 0) is 4.79 Å². The molecule has 0 saturated carbocycles. The molecule has 1 aliphatic rings. The number of ether oxygens (including phenoxy) is 1. The molecule has 25 heavy (non-hydrogen) atoms. The quantitative estimate of drug-likeness (QED) is 0.469. The van der Waals surface area contributed by atoms with Crippen LogP contribution in [0.5, 0.6) is 11.6 Å². The zero-order valence-corrected chi connectivity index (χ0v) is 13.7. The summed E-state index contributed by atoms with van der Waals surface area (Å²) in [6.07, 6.45) is 2.74. The van der Waals surface area contributed by atoms with Gasteiger partial charge in [0.2, 0.25) is 5.88 Å². The molecule has 2 aromatic rings. The van der Waals surface area contributed by atoms with Crippen molar-refractivity contribution in [2.75, 3.05) is 7.05 Å². The van der Waals surface area contributed by atoms with E-state index in [9.17, 15) is 19.7 Å². The fourth-order valence-corrected chi connectivity index (χ4v) is 2.82. The number of nitro groups is 1. The van der Waals surface area contributed by atoms with E-state index in [1.165, 1.54) is 19.2 Å². The molecule has 0 aliphatic carbocycles. The summed E-state index contributed by atoms with van der Waals surface area (Å²) >= 11 is 0.889. The summed E-state index contributed by atoms with van der Waals surface area (Å²) in [6.45, 7) is 0. The monoisotopic (exact) mass is 357 g/mol. The van der Waals surface area contributed by atoms with Crippen molar-refractivity contribution in [3.63, 3.8) is 0 Å². The van der Waals surface area contributed by atoms with E-state index >= 15 is 0 Å². The van der Waals surface area contributed by atoms with E-state index in [1.54, 1.807) is 30.3 Å². The summed E-state index contributed by atoms with van der Waals surface area (Å²) in [7, 11) is 1.44. The van der Waals surface area contributed by atoms with Crippen LogP contribution in [0.3, 0.4) is 0 Å². The van der Waals surface area contributed by atoms with Crippen molar-refractivity contribution in [3.05, 3.63) is 63.2 Å². The summed E-state index contributed by atoms with van der Waals surface area (Å²) in [4.78, 5) is 38.6. The Balaban J connectivity index is 1.71. The number of thioether (sulfide) groups is 1. The van der Waals surface area contributed by atoms with Crippen LogP contribution in [0.25, 0.3) is 6.08 Å². The second-order valence-corrected chi connectivity index (χ2v) is 6.02. The molecule has 0 radical (unpaired) electrons. The molecule has 0 bridgehead atoms. The summed E-state index contributed by atoms with van der Waals surface area (Å²) in [6, 6.07) is 9.51. The summed E-state index contributed by atoms with van der Waals surface area (Å²) < 4.78 is 5.50. The van der Waals surface area contributed by atoms with Crippen LogP contribution in [0.4, 0.5) is 10.5 Å². The zero-order valence-electron chi connectivity index (χ0n) is 12.9. The number of likely N-dealkylation sites (N-methyl/N-ethyl adjacent to an activating group) is 1. The smallest absolute Gasteiger partial charge is 0.293 e. The van der Waals surface area contributed by atoms with Gasteiger partial charge in [-0.3, -0.25) is 24.6 Å². The lowest BCUT2D eigenvalue weighted by molar-refractivity contribution is -0.385. The molecule has 1 aromatic carbocycles. The Kier molecular flexibility index (Phi) is 4.48. The Morgan fingerprint density at radius 3 is 2.44 bits per heavy atom. The van der Waals surface area contributed by atoms with Gasteiger partial charge in [-0.1, -0.05) is 12.1 Å². The van der Waals surface area contributed by atoms with Crippen molar-refractivity contribution in [1.82, 2.24) is 9.88 Å². The minimum atomic E-state index is -0.538. The molecule has 1 saturated heterocycles. The van der Waals surface area contributed by atoms with Gasteiger partial charge in [0, 0.05) is 19.2 Å². The Morgan fingerprint density at radius 2 is 1.92 bits per heavy atom. The van der Waals surface area contributed by atoms with Gasteiger partial charge < -0.3 is 4.74 Å². The van der Waals surface area contributed by atoms with Gasteiger partial charge in [0.1, 0.15) is 11.9 Å². The van der Waals surface area contributed by atoms with Crippen molar-refractivity contribution >= 4 is 34.7 Å². The summed E-state index contributed by atoms with van der Waals surface area (Å²) in [5.41, 5.74) is 0.621. The van der Waals surface area contributed by atoms with E-state index in [0.29, 0.717) is 10.7 Å². The Bertz CT molecular complexity index is 878. The minimum absolute atomic E-state index is 0.118. The number of carbonyl (C=O) groups excluding carboxylic acids is 2. The number of carbonyl (C=O) groups is 2. The van der Waals surface area contributed by atoms with E-state index in [1.807, 2.05) is 0 Å². The van der Waals surface area contributed by atoms with Crippen molar-refractivity contribution in [2.45, 2.75) is 0 Å². The Hall–Kier alpha value is -3.20. The average Bonchev–Trinajstić information content (AvgIpc) is 2.84. The predicted octanol–water partition coefficient (Wildman–Crippen LogP) is 3.45. The standard InChI is InChI=1S/C16H11N3O5S/c1-18-15(20)13(25-16(18)21)8-10-2-5-12(6-3-10)24-14-7-4-11(9-17-14)19(22)23/h2-9H,1H3. The molecule has 3 rings (SSSR count). The number of amides is 2. The maximum atomic E-state index is 11.8. The molecule has 8 nitrogen and oxygen atoms in total. The number of hydrogen-bond acceptors (Lipinski definition) is 7. The van der Waals surface area contributed by atoms with Crippen LogP contribution in [-0.4, -0.2) is 33.0 Å². The first-order valence-electron chi connectivity index (χ1n) is 7.04. The maximum absolute atomic E-state index is 11.8. The summed E-state index contributed by atoms with van der Waals surface area (Å²) in [5.74, 6) is 0.387. The molecule has 1 aromatic heterocycles. The van der Waals surface area contributed by atoms with Gasteiger partial charge in [-0.15, -0.1) is 0 Å². The van der Waals surface area contributed by atoms with Crippen molar-refractivity contribution < 1.29 is 19.2 Å². The number of benzene rings is 1.